The molecule has 0 radical (unpaired) electrons. The van der Waals surface area contributed by atoms with Gasteiger partial charge in [-0.15, -0.1) is 12.4 Å². The minimum absolute atomic E-state index is 0. The minimum Gasteiger partial charge on any atom is -0.496 e. The maximum absolute atomic E-state index is 12.0. The van der Waals surface area contributed by atoms with Crippen LogP contribution in [0, 0.1) is 0 Å². The third kappa shape index (κ3) is 3.40. The molecule has 1 unspecified atom stereocenters. The molecule has 1 aromatic carbocycles. The van der Waals surface area contributed by atoms with Gasteiger partial charge in [0.2, 0.25) is 5.91 Å². The minimum atomic E-state index is -0.774. The number of nitrogens with one attached hydrogen (secondary N) is 1. The van der Waals surface area contributed by atoms with Crippen LogP contribution in [-0.4, -0.2) is 50.3 Å². The summed E-state index contributed by atoms with van der Waals surface area (Å²) in [5.41, 5.74) is 1.51. The second kappa shape index (κ2) is 7.49. The lowest BCUT2D eigenvalue weighted by molar-refractivity contribution is -0.133. The fourth-order valence-electron chi connectivity index (χ4n) is 2.53. The van der Waals surface area contributed by atoms with Gasteiger partial charge >= 0.3 is 0 Å². The van der Waals surface area contributed by atoms with E-state index in [9.17, 15) is 9.90 Å². The van der Waals surface area contributed by atoms with E-state index >= 15 is 0 Å². The molecule has 1 aliphatic rings. The predicted molar refractivity (Wildman–Crippen MR) is 81.1 cm³/mol. The first kappa shape index (κ1) is 17.6. The summed E-state index contributed by atoms with van der Waals surface area (Å²) in [4.78, 5) is 13.6. The van der Waals surface area contributed by atoms with Crippen molar-refractivity contribution < 1.29 is 19.4 Å². The molecule has 1 heterocycles. The van der Waals surface area contributed by atoms with Gasteiger partial charge in [0.25, 0.3) is 0 Å². The maximum Gasteiger partial charge on any atom is 0.236 e. The number of β-amino-alcohol motifs (C(OH)–C–C–N with tert-alkyl or cyclic N) is 1. The molecule has 0 spiro atoms. The number of benzene rings is 1. The Morgan fingerprint density at radius 3 is 2.57 bits per heavy atom. The number of likely N-dealkylation sites (N-methyl/N-ethyl adjacent to an activating group) is 1. The van der Waals surface area contributed by atoms with E-state index in [4.69, 9.17) is 9.47 Å². The summed E-state index contributed by atoms with van der Waals surface area (Å²) in [6.07, 6.45) is -0.774. The molecule has 0 aliphatic carbocycles. The third-order valence-corrected chi connectivity index (χ3v) is 3.47. The van der Waals surface area contributed by atoms with Gasteiger partial charge in [-0.3, -0.25) is 4.79 Å². The lowest BCUT2D eigenvalue weighted by atomic mass is 9.95. The van der Waals surface area contributed by atoms with Gasteiger partial charge < -0.3 is 24.8 Å². The Morgan fingerprint density at radius 1 is 1.38 bits per heavy atom. The van der Waals surface area contributed by atoms with Crippen molar-refractivity contribution in [2.75, 3.05) is 34.4 Å². The number of hydrogen-bond acceptors (Lipinski definition) is 5. The van der Waals surface area contributed by atoms with Gasteiger partial charge in [-0.25, -0.2) is 0 Å². The number of ether oxygens (including phenoxy) is 2. The summed E-state index contributed by atoms with van der Waals surface area (Å²) in [5.74, 6) is 1.22. The topological polar surface area (TPSA) is 71.0 Å². The van der Waals surface area contributed by atoms with Crippen molar-refractivity contribution in [2.45, 2.75) is 12.6 Å². The Bertz CT molecular complexity index is 510. The molecule has 21 heavy (non-hydrogen) atoms. The van der Waals surface area contributed by atoms with Gasteiger partial charge in [-0.2, -0.15) is 0 Å². The van der Waals surface area contributed by atoms with Crippen LogP contribution in [0.4, 0.5) is 0 Å². The van der Waals surface area contributed by atoms with Crippen molar-refractivity contribution in [1.82, 2.24) is 10.2 Å². The van der Waals surface area contributed by atoms with Crippen LogP contribution in [0.1, 0.15) is 17.2 Å². The van der Waals surface area contributed by atoms with Crippen molar-refractivity contribution in [2.24, 2.45) is 0 Å². The van der Waals surface area contributed by atoms with Gasteiger partial charge in [-0.05, 0) is 19.2 Å². The van der Waals surface area contributed by atoms with E-state index in [1.807, 2.05) is 0 Å². The summed E-state index contributed by atoms with van der Waals surface area (Å²) in [6.45, 7) is 0.915. The number of aliphatic hydroxyl groups is 1. The molecule has 1 aliphatic heterocycles. The molecule has 2 rings (SSSR count). The highest BCUT2D eigenvalue weighted by atomic mass is 35.5. The Morgan fingerprint density at radius 2 is 2.00 bits per heavy atom. The van der Waals surface area contributed by atoms with Crippen LogP contribution >= 0.6 is 12.4 Å². The quantitative estimate of drug-likeness (QED) is 0.856. The molecule has 6 nitrogen and oxygen atoms in total. The molecule has 1 aromatic rings. The van der Waals surface area contributed by atoms with Gasteiger partial charge in [0, 0.05) is 17.7 Å². The van der Waals surface area contributed by atoms with E-state index in [0.717, 1.165) is 5.56 Å². The lowest BCUT2D eigenvalue weighted by Crippen LogP contribution is -2.42. The first-order chi connectivity index (χ1) is 9.62. The Labute approximate surface area is 130 Å². The largest absolute Gasteiger partial charge is 0.496 e. The molecule has 2 N–H and O–H groups in total. The molecule has 0 bridgehead atoms. The number of methoxy groups -OCH3 is 2. The molecule has 7 heteroatoms. The Kier molecular flexibility index (Phi) is 6.26. The number of halogens is 1. The van der Waals surface area contributed by atoms with Crippen LogP contribution in [0.2, 0.25) is 0 Å². The molecular weight excluding hydrogens is 296 g/mol. The van der Waals surface area contributed by atoms with Crippen molar-refractivity contribution in [1.29, 1.82) is 0 Å². The molecule has 0 fully saturated rings. The van der Waals surface area contributed by atoms with Gasteiger partial charge in [0.05, 0.1) is 27.3 Å². The predicted octanol–water partition coefficient (Wildman–Crippen LogP) is 0.721. The second-order valence-corrected chi connectivity index (χ2v) is 4.68. The number of hydrogen-bond donors (Lipinski definition) is 2. The Balaban J connectivity index is 0.00000220. The summed E-state index contributed by atoms with van der Waals surface area (Å²) in [7, 11) is 4.85. The third-order valence-electron chi connectivity index (χ3n) is 3.47. The summed E-state index contributed by atoms with van der Waals surface area (Å²) >= 11 is 0. The van der Waals surface area contributed by atoms with Gasteiger partial charge in [0.1, 0.15) is 17.6 Å². The van der Waals surface area contributed by atoms with E-state index in [1.54, 1.807) is 38.3 Å². The SMILES string of the molecule is CNCC(=O)N1Cc2c(OC)ccc(OC)c2C(O)C1.Cl. The molecular formula is C14H21ClN2O4. The lowest BCUT2D eigenvalue weighted by Gasteiger charge is -2.34. The van der Waals surface area contributed by atoms with Crippen molar-refractivity contribution >= 4 is 18.3 Å². The smallest absolute Gasteiger partial charge is 0.236 e. The zero-order valence-electron chi connectivity index (χ0n) is 12.4. The highest BCUT2D eigenvalue weighted by Crippen LogP contribution is 2.39. The highest BCUT2D eigenvalue weighted by molar-refractivity contribution is 5.85. The van der Waals surface area contributed by atoms with Crippen molar-refractivity contribution in [3.8, 4) is 11.5 Å². The normalized spacial score (nSPS) is 16.8. The first-order valence-corrected chi connectivity index (χ1v) is 6.46. The molecule has 118 valence electrons. The number of amides is 1. The molecule has 0 saturated carbocycles. The number of carbonyl (C=O) groups is 1. The van der Waals surface area contributed by atoms with E-state index < -0.39 is 6.10 Å². The summed E-state index contributed by atoms with van der Waals surface area (Å²) in [5, 5.41) is 13.2. The second-order valence-electron chi connectivity index (χ2n) is 4.68. The molecule has 1 atom stereocenters. The van der Waals surface area contributed by atoms with Crippen molar-refractivity contribution in [3.63, 3.8) is 0 Å². The zero-order chi connectivity index (χ0) is 14.7. The van der Waals surface area contributed by atoms with Gasteiger partial charge in [-0.1, -0.05) is 0 Å². The summed E-state index contributed by atoms with van der Waals surface area (Å²) in [6, 6.07) is 3.56. The standard InChI is InChI=1S/C14H20N2O4.ClH/c1-15-6-13(18)16-7-9-11(19-2)4-5-12(20-3)14(9)10(17)8-16;/h4-5,10,15,17H,6-8H2,1-3H3;1H. The van der Waals surface area contributed by atoms with Gasteiger partial charge in [0.15, 0.2) is 0 Å². The first-order valence-electron chi connectivity index (χ1n) is 6.46. The van der Waals surface area contributed by atoms with E-state index in [1.165, 1.54) is 0 Å². The van der Waals surface area contributed by atoms with Crippen LogP contribution in [0.3, 0.4) is 0 Å². The van der Waals surface area contributed by atoms with Crippen LogP contribution in [0.5, 0.6) is 11.5 Å². The fourth-order valence-corrected chi connectivity index (χ4v) is 2.53. The zero-order valence-corrected chi connectivity index (χ0v) is 13.2. The Hall–Kier alpha value is -1.50. The van der Waals surface area contributed by atoms with Crippen LogP contribution in [0.25, 0.3) is 0 Å². The summed E-state index contributed by atoms with van der Waals surface area (Å²) < 4.78 is 10.6. The molecule has 0 aromatic heterocycles. The number of aliphatic hydroxyl groups excluding tert-OH is 1. The molecule has 0 saturated heterocycles. The van der Waals surface area contributed by atoms with E-state index in [2.05, 4.69) is 5.32 Å². The van der Waals surface area contributed by atoms with Crippen LogP contribution in [-0.2, 0) is 11.3 Å². The average Bonchev–Trinajstić information content (AvgIpc) is 2.46. The maximum atomic E-state index is 12.0. The van der Waals surface area contributed by atoms with E-state index in [-0.39, 0.29) is 31.4 Å². The number of fused-ring (bicyclic) bond motifs is 1. The highest BCUT2D eigenvalue weighted by Gasteiger charge is 2.31. The monoisotopic (exact) mass is 316 g/mol. The average molecular weight is 317 g/mol. The van der Waals surface area contributed by atoms with Crippen LogP contribution in [0.15, 0.2) is 12.1 Å². The number of nitrogens with zero attached hydrogens (tertiary/aromatic N) is 1. The molecule has 1 amide bonds. The number of rotatable bonds is 4. The van der Waals surface area contributed by atoms with Crippen molar-refractivity contribution in [3.05, 3.63) is 23.3 Å². The van der Waals surface area contributed by atoms with Crippen LogP contribution < -0.4 is 14.8 Å². The fraction of sp³-hybridized carbons (Fsp3) is 0.500. The number of carbonyl (C=O) groups excluding carboxylic acids is 1. The van der Waals surface area contributed by atoms with E-state index in [0.29, 0.717) is 23.6 Å².